The predicted octanol–water partition coefficient (Wildman–Crippen LogP) is 4.42. The van der Waals surface area contributed by atoms with Gasteiger partial charge in [0, 0.05) is 0 Å². The molecule has 112 valence electrons. The molecule has 0 atom stereocenters. The van der Waals surface area contributed by atoms with E-state index < -0.39 is 7.82 Å². The van der Waals surface area contributed by atoms with Gasteiger partial charge < -0.3 is 0 Å². The summed E-state index contributed by atoms with van der Waals surface area (Å²) in [5, 5.41) is 0. The zero-order chi connectivity index (χ0) is 15.0. The van der Waals surface area contributed by atoms with Crippen molar-refractivity contribution in [3.63, 3.8) is 0 Å². The summed E-state index contributed by atoms with van der Waals surface area (Å²) in [7, 11) is -3.31. The number of rotatable bonds is 12. The van der Waals surface area contributed by atoms with E-state index in [-0.39, 0.29) is 18.3 Å². The molecule has 0 radical (unpaired) electrons. The van der Waals surface area contributed by atoms with E-state index >= 15 is 0 Å². The maximum absolute atomic E-state index is 12.2. The SMILES string of the molecule is CCCCOP(=O)(OCCCC)OCCCC.[O]=[Zn]. The minimum absolute atomic E-state index is 0.125. The van der Waals surface area contributed by atoms with E-state index in [1.807, 2.05) is 0 Å². The van der Waals surface area contributed by atoms with Gasteiger partial charge in [-0.2, -0.15) is 0 Å². The van der Waals surface area contributed by atoms with Gasteiger partial charge in [0.15, 0.2) is 0 Å². The van der Waals surface area contributed by atoms with Gasteiger partial charge in [0.05, 0.1) is 19.8 Å². The number of phosphoric ester groups is 1. The Morgan fingerprint density at radius 1 is 0.737 bits per heavy atom. The quantitative estimate of drug-likeness (QED) is 0.297. The molecule has 0 fully saturated rings. The van der Waals surface area contributed by atoms with Gasteiger partial charge in [-0.1, -0.05) is 40.0 Å². The minimum atomic E-state index is -3.31. The van der Waals surface area contributed by atoms with Gasteiger partial charge in [0.2, 0.25) is 0 Å². The molecule has 0 aliphatic rings. The summed E-state index contributed by atoms with van der Waals surface area (Å²) < 4.78 is 36.4. The molecule has 19 heavy (non-hydrogen) atoms. The summed E-state index contributed by atoms with van der Waals surface area (Å²) in [5.41, 5.74) is 0. The first-order valence-electron chi connectivity index (χ1n) is 7.01. The monoisotopic (exact) mass is 346 g/mol. The van der Waals surface area contributed by atoms with Crippen molar-refractivity contribution < 1.29 is 40.0 Å². The van der Waals surface area contributed by atoms with Crippen molar-refractivity contribution in [2.75, 3.05) is 19.8 Å². The fourth-order valence-corrected chi connectivity index (χ4v) is 2.36. The molecule has 5 nitrogen and oxygen atoms in total. The maximum atomic E-state index is 12.2. The Morgan fingerprint density at radius 2 is 1.00 bits per heavy atom. The zero-order valence-corrected chi connectivity index (χ0v) is 16.4. The fraction of sp³-hybridized carbons (Fsp3) is 1.00. The second kappa shape index (κ2) is 16.6. The van der Waals surface area contributed by atoms with Crippen LogP contribution in [0.4, 0.5) is 0 Å². The Balaban J connectivity index is 0. The Hall–Kier alpha value is 0.533. The van der Waals surface area contributed by atoms with Crippen LogP contribution in [0, 0.1) is 0 Å². The molecule has 0 aliphatic heterocycles. The van der Waals surface area contributed by atoms with Crippen molar-refractivity contribution in [1.29, 1.82) is 0 Å². The van der Waals surface area contributed by atoms with Gasteiger partial charge >= 0.3 is 29.6 Å². The summed E-state index contributed by atoms with van der Waals surface area (Å²) in [6, 6.07) is 0. The summed E-state index contributed by atoms with van der Waals surface area (Å²) in [6.07, 6.45) is 5.63. The first-order valence-corrected chi connectivity index (χ1v) is 9.68. The standard InChI is InChI=1S/C12H27O4P.O.Zn/c1-4-7-10-14-17(13,15-11-8-5-2)16-12-9-6-3;;/h4-12H2,1-3H3;;. The third-order valence-electron chi connectivity index (χ3n) is 2.24. The van der Waals surface area contributed by atoms with E-state index in [0.29, 0.717) is 19.8 Å². The van der Waals surface area contributed by atoms with Gasteiger partial charge in [0.25, 0.3) is 0 Å². The number of unbranched alkanes of at least 4 members (excludes halogenated alkanes) is 3. The van der Waals surface area contributed by atoms with E-state index in [9.17, 15) is 4.57 Å². The van der Waals surface area contributed by atoms with Crippen molar-refractivity contribution in [2.24, 2.45) is 0 Å². The van der Waals surface area contributed by atoms with Crippen LogP contribution < -0.4 is 0 Å². The first-order chi connectivity index (χ1) is 9.18. The topological polar surface area (TPSA) is 61.8 Å². The molecule has 0 aromatic rings. The van der Waals surface area contributed by atoms with Gasteiger partial charge in [0.1, 0.15) is 0 Å². The number of phosphoric acid groups is 1. The van der Waals surface area contributed by atoms with E-state index in [4.69, 9.17) is 17.1 Å². The van der Waals surface area contributed by atoms with Crippen LogP contribution in [0.15, 0.2) is 0 Å². The molecule has 7 heteroatoms. The second-order valence-electron chi connectivity index (χ2n) is 4.01. The van der Waals surface area contributed by atoms with Crippen LogP contribution in [0.25, 0.3) is 0 Å². The van der Waals surface area contributed by atoms with Crippen molar-refractivity contribution in [1.82, 2.24) is 0 Å². The molecule has 0 aromatic carbocycles. The molecule has 0 spiro atoms. The Labute approximate surface area is 127 Å². The van der Waals surface area contributed by atoms with Crippen LogP contribution in [-0.2, 0) is 40.0 Å². The molecule has 0 aromatic heterocycles. The summed E-state index contributed by atoms with van der Waals surface area (Å²) in [5.74, 6) is 0. The van der Waals surface area contributed by atoms with E-state index in [1.54, 1.807) is 0 Å². The molecule has 0 unspecified atom stereocenters. The van der Waals surface area contributed by atoms with Gasteiger partial charge in [-0.3, -0.25) is 13.6 Å². The number of hydrogen-bond donors (Lipinski definition) is 0. The summed E-state index contributed by atoms with van der Waals surface area (Å²) >= 11 is 0.125. The molecule has 0 aliphatic carbocycles. The van der Waals surface area contributed by atoms with Crippen molar-refractivity contribution >= 4 is 7.82 Å². The molecule has 0 heterocycles. The van der Waals surface area contributed by atoms with Crippen LogP contribution >= 0.6 is 7.82 Å². The molecular weight excluding hydrogens is 320 g/mol. The first kappa shape index (κ1) is 21.8. The van der Waals surface area contributed by atoms with Gasteiger partial charge in [-0.15, -0.1) is 0 Å². The molecular formula is C12H27O5PZn. The molecule has 0 N–H and O–H groups in total. The Kier molecular flexibility index (Phi) is 19.1. The van der Waals surface area contributed by atoms with Crippen LogP contribution in [0.3, 0.4) is 0 Å². The average Bonchev–Trinajstić information content (AvgIpc) is 2.42. The molecule has 0 rings (SSSR count). The van der Waals surface area contributed by atoms with Crippen LogP contribution in [-0.4, -0.2) is 19.8 Å². The van der Waals surface area contributed by atoms with Crippen LogP contribution in [0.1, 0.15) is 59.3 Å². The van der Waals surface area contributed by atoms with Crippen molar-refractivity contribution in [3.05, 3.63) is 0 Å². The Bertz CT molecular complexity index is 195. The average molecular weight is 348 g/mol. The van der Waals surface area contributed by atoms with Crippen molar-refractivity contribution in [2.45, 2.75) is 59.3 Å². The fourth-order valence-electron chi connectivity index (χ4n) is 1.07. The third kappa shape index (κ3) is 14.7. The third-order valence-corrected chi connectivity index (χ3v) is 3.74. The molecule has 0 saturated carbocycles. The predicted molar refractivity (Wildman–Crippen MR) is 70.9 cm³/mol. The van der Waals surface area contributed by atoms with Crippen LogP contribution in [0.5, 0.6) is 0 Å². The Morgan fingerprint density at radius 3 is 1.21 bits per heavy atom. The van der Waals surface area contributed by atoms with Gasteiger partial charge in [-0.05, 0) is 19.3 Å². The summed E-state index contributed by atoms with van der Waals surface area (Å²) in [4.78, 5) is 0. The van der Waals surface area contributed by atoms with E-state index in [2.05, 4.69) is 20.8 Å². The summed E-state index contributed by atoms with van der Waals surface area (Å²) in [6.45, 7) is 7.49. The second-order valence-corrected chi connectivity index (χ2v) is 5.68. The molecule has 0 saturated heterocycles. The molecule has 0 bridgehead atoms. The van der Waals surface area contributed by atoms with E-state index in [0.717, 1.165) is 38.5 Å². The van der Waals surface area contributed by atoms with E-state index in [1.165, 1.54) is 0 Å². The molecule has 0 amide bonds. The van der Waals surface area contributed by atoms with Crippen molar-refractivity contribution in [3.8, 4) is 0 Å². The number of hydrogen-bond acceptors (Lipinski definition) is 5. The zero-order valence-electron chi connectivity index (χ0n) is 12.6. The normalized spacial score (nSPS) is 11.0. The van der Waals surface area contributed by atoms with Crippen LogP contribution in [0.2, 0.25) is 0 Å². The van der Waals surface area contributed by atoms with Gasteiger partial charge in [-0.25, -0.2) is 4.57 Å².